The van der Waals surface area contributed by atoms with Crippen LogP contribution < -0.4 is 9.47 Å². The molecule has 124 valence electrons. The molecule has 2 aromatic carbocycles. The van der Waals surface area contributed by atoms with Crippen LogP contribution in [-0.4, -0.2) is 18.7 Å². The van der Waals surface area contributed by atoms with Crippen LogP contribution >= 0.6 is 0 Å². The van der Waals surface area contributed by atoms with Crippen molar-refractivity contribution in [2.24, 2.45) is 0 Å². The standard InChI is InChI=1S/C19H18O5/c1-3-18(20)23-13-22-17-10-9-15(14(2)11-17)12-19(21)24-16-7-5-4-6-8-16/h3-11H,1,12-13H2,2H3. The molecule has 0 aliphatic heterocycles. The van der Waals surface area contributed by atoms with Crippen molar-refractivity contribution in [1.29, 1.82) is 0 Å². The van der Waals surface area contributed by atoms with Gasteiger partial charge in [-0.3, -0.25) is 4.79 Å². The quantitative estimate of drug-likeness (QED) is 0.338. The molecule has 0 amide bonds. The van der Waals surface area contributed by atoms with Crippen LogP contribution in [0.5, 0.6) is 11.5 Å². The van der Waals surface area contributed by atoms with Gasteiger partial charge in [0.2, 0.25) is 6.79 Å². The second-order valence-corrected chi connectivity index (χ2v) is 4.98. The van der Waals surface area contributed by atoms with Crippen LogP contribution in [-0.2, 0) is 20.7 Å². The molecule has 0 aliphatic carbocycles. The minimum Gasteiger partial charge on any atom is -0.457 e. The summed E-state index contributed by atoms with van der Waals surface area (Å²) in [7, 11) is 0. The van der Waals surface area contributed by atoms with Crippen molar-refractivity contribution in [3.05, 3.63) is 72.3 Å². The normalized spacial score (nSPS) is 9.88. The Morgan fingerprint density at radius 1 is 1.08 bits per heavy atom. The average Bonchev–Trinajstić information content (AvgIpc) is 2.58. The van der Waals surface area contributed by atoms with Crippen molar-refractivity contribution in [3.63, 3.8) is 0 Å². The Kier molecular flexibility index (Phi) is 6.14. The molecule has 0 aromatic heterocycles. The zero-order chi connectivity index (χ0) is 17.4. The van der Waals surface area contributed by atoms with E-state index in [0.717, 1.165) is 17.2 Å². The van der Waals surface area contributed by atoms with Crippen LogP contribution in [0.4, 0.5) is 0 Å². The Morgan fingerprint density at radius 3 is 2.50 bits per heavy atom. The first-order valence-corrected chi connectivity index (χ1v) is 7.35. The largest absolute Gasteiger partial charge is 0.457 e. The number of aryl methyl sites for hydroxylation is 1. The third-order valence-electron chi connectivity index (χ3n) is 3.22. The van der Waals surface area contributed by atoms with Gasteiger partial charge in [-0.15, -0.1) is 0 Å². The number of carbonyl (C=O) groups excluding carboxylic acids is 2. The lowest BCUT2D eigenvalue weighted by Gasteiger charge is -2.10. The zero-order valence-corrected chi connectivity index (χ0v) is 13.4. The Hall–Kier alpha value is -3.08. The van der Waals surface area contributed by atoms with E-state index in [4.69, 9.17) is 14.2 Å². The van der Waals surface area contributed by atoms with Gasteiger partial charge in [-0.05, 0) is 42.3 Å². The van der Waals surface area contributed by atoms with Gasteiger partial charge in [-0.1, -0.05) is 30.8 Å². The number of para-hydroxylation sites is 1. The highest BCUT2D eigenvalue weighted by molar-refractivity contribution is 5.81. The minimum atomic E-state index is -0.549. The molecule has 0 atom stereocenters. The summed E-state index contributed by atoms with van der Waals surface area (Å²) in [6, 6.07) is 14.2. The highest BCUT2D eigenvalue weighted by atomic mass is 16.7. The smallest absolute Gasteiger partial charge is 0.333 e. The Labute approximate surface area is 140 Å². The summed E-state index contributed by atoms with van der Waals surface area (Å²) >= 11 is 0. The fourth-order valence-electron chi connectivity index (χ4n) is 1.98. The lowest BCUT2D eigenvalue weighted by atomic mass is 10.1. The number of ether oxygens (including phenoxy) is 3. The summed E-state index contributed by atoms with van der Waals surface area (Å²) in [5.74, 6) is 0.179. The Morgan fingerprint density at radius 2 is 1.83 bits per heavy atom. The topological polar surface area (TPSA) is 61.8 Å². The Bertz CT molecular complexity index is 722. The summed E-state index contributed by atoms with van der Waals surface area (Å²) in [4.78, 5) is 22.9. The fraction of sp³-hybridized carbons (Fsp3) is 0.158. The summed E-state index contributed by atoms with van der Waals surface area (Å²) in [5, 5.41) is 0. The summed E-state index contributed by atoms with van der Waals surface area (Å²) in [5.41, 5.74) is 1.72. The van der Waals surface area contributed by atoms with Gasteiger partial charge in [0.15, 0.2) is 0 Å². The molecule has 5 heteroatoms. The maximum atomic E-state index is 12.0. The summed E-state index contributed by atoms with van der Waals surface area (Å²) < 4.78 is 15.3. The number of esters is 2. The van der Waals surface area contributed by atoms with Crippen molar-refractivity contribution < 1.29 is 23.8 Å². The molecule has 0 heterocycles. The van der Waals surface area contributed by atoms with Crippen molar-refractivity contribution in [2.45, 2.75) is 13.3 Å². The Balaban J connectivity index is 1.90. The van der Waals surface area contributed by atoms with Gasteiger partial charge in [0, 0.05) is 6.08 Å². The van der Waals surface area contributed by atoms with Gasteiger partial charge in [0.05, 0.1) is 6.42 Å². The predicted molar refractivity (Wildman–Crippen MR) is 88.7 cm³/mol. The van der Waals surface area contributed by atoms with Crippen LogP contribution in [0.1, 0.15) is 11.1 Å². The molecule has 0 bridgehead atoms. The van der Waals surface area contributed by atoms with Crippen molar-refractivity contribution in [2.75, 3.05) is 6.79 Å². The molecule has 0 fully saturated rings. The molecule has 0 spiro atoms. The maximum Gasteiger partial charge on any atom is 0.333 e. The summed E-state index contributed by atoms with van der Waals surface area (Å²) in [6.07, 6.45) is 1.22. The number of benzene rings is 2. The average molecular weight is 326 g/mol. The van der Waals surface area contributed by atoms with Crippen molar-refractivity contribution in [3.8, 4) is 11.5 Å². The SMILES string of the molecule is C=CC(=O)OCOc1ccc(CC(=O)Oc2ccccc2)c(C)c1. The van der Waals surface area contributed by atoms with Crippen LogP contribution in [0.15, 0.2) is 61.2 Å². The number of rotatable bonds is 7. The molecule has 0 aliphatic rings. The van der Waals surface area contributed by atoms with E-state index in [2.05, 4.69) is 6.58 Å². The van der Waals surface area contributed by atoms with E-state index < -0.39 is 5.97 Å². The van der Waals surface area contributed by atoms with Crippen molar-refractivity contribution >= 4 is 11.9 Å². The highest BCUT2D eigenvalue weighted by Crippen LogP contribution is 2.19. The number of carbonyl (C=O) groups is 2. The van der Waals surface area contributed by atoms with Gasteiger partial charge < -0.3 is 14.2 Å². The van der Waals surface area contributed by atoms with E-state index in [1.165, 1.54) is 0 Å². The zero-order valence-electron chi connectivity index (χ0n) is 13.4. The van der Waals surface area contributed by atoms with Gasteiger partial charge in [0.25, 0.3) is 0 Å². The molecule has 0 N–H and O–H groups in total. The van der Waals surface area contributed by atoms with E-state index in [1.807, 2.05) is 13.0 Å². The van der Waals surface area contributed by atoms with E-state index in [9.17, 15) is 9.59 Å². The monoisotopic (exact) mass is 326 g/mol. The van der Waals surface area contributed by atoms with Crippen LogP contribution in [0.25, 0.3) is 0 Å². The predicted octanol–water partition coefficient (Wildman–Crippen LogP) is 3.21. The molecule has 2 aromatic rings. The van der Waals surface area contributed by atoms with Gasteiger partial charge in [-0.2, -0.15) is 0 Å². The first-order chi connectivity index (χ1) is 11.6. The number of hydrogen-bond acceptors (Lipinski definition) is 5. The van der Waals surface area contributed by atoms with Crippen LogP contribution in [0.3, 0.4) is 0 Å². The van der Waals surface area contributed by atoms with E-state index in [0.29, 0.717) is 11.5 Å². The molecular formula is C19H18O5. The first kappa shape index (κ1) is 17.3. The van der Waals surface area contributed by atoms with Gasteiger partial charge in [0.1, 0.15) is 11.5 Å². The molecule has 0 radical (unpaired) electrons. The minimum absolute atomic E-state index is 0.159. The molecule has 5 nitrogen and oxygen atoms in total. The third-order valence-corrected chi connectivity index (χ3v) is 3.22. The summed E-state index contributed by atoms with van der Waals surface area (Å²) in [6.45, 7) is 4.97. The highest BCUT2D eigenvalue weighted by Gasteiger charge is 2.09. The van der Waals surface area contributed by atoms with E-state index in [1.54, 1.807) is 42.5 Å². The molecular weight excluding hydrogens is 308 g/mol. The van der Waals surface area contributed by atoms with Gasteiger partial charge >= 0.3 is 11.9 Å². The fourth-order valence-corrected chi connectivity index (χ4v) is 1.98. The van der Waals surface area contributed by atoms with Crippen LogP contribution in [0, 0.1) is 6.92 Å². The lowest BCUT2D eigenvalue weighted by molar-refractivity contribution is -0.144. The lowest BCUT2D eigenvalue weighted by Crippen LogP contribution is -2.12. The molecule has 0 saturated heterocycles. The van der Waals surface area contributed by atoms with E-state index >= 15 is 0 Å². The maximum absolute atomic E-state index is 12.0. The van der Waals surface area contributed by atoms with Crippen molar-refractivity contribution in [1.82, 2.24) is 0 Å². The van der Waals surface area contributed by atoms with E-state index in [-0.39, 0.29) is 19.2 Å². The third kappa shape index (κ3) is 5.28. The second-order valence-electron chi connectivity index (χ2n) is 4.98. The molecule has 24 heavy (non-hydrogen) atoms. The molecule has 2 rings (SSSR count). The van der Waals surface area contributed by atoms with Crippen LogP contribution in [0.2, 0.25) is 0 Å². The number of hydrogen-bond donors (Lipinski definition) is 0. The molecule has 0 saturated carbocycles. The molecule has 0 unspecified atom stereocenters. The second kappa shape index (κ2) is 8.53. The van der Waals surface area contributed by atoms with Gasteiger partial charge in [-0.25, -0.2) is 4.79 Å². The first-order valence-electron chi connectivity index (χ1n) is 7.35.